The third kappa shape index (κ3) is 3.04. The summed E-state index contributed by atoms with van der Waals surface area (Å²) >= 11 is 0. The predicted molar refractivity (Wildman–Crippen MR) is 74.5 cm³/mol. The van der Waals surface area contributed by atoms with Crippen LogP contribution in [0, 0.1) is 25.5 Å². The largest absolute Gasteiger partial charge is 0.313 e. The van der Waals surface area contributed by atoms with Crippen molar-refractivity contribution in [3.8, 4) is 0 Å². The Morgan fingerprint density at radius 3 is 2.65 bits per heavy atom. The first-order valence-electron chi connectivity index (χ1n) is 6.70. The number of rotatable bonds is 5. The molecule has 0 fully saturated rings. The first-order valence-corrected chi connectivity index (χ1v) is 6.70. The summed E-state index contributed by atoms with van der Waals surface area (Å²) in [6, 6.07) is 3.63. The first-order chi connectivity index (χ1) is 9.52. The van der Waals surface area contributed by atoms with Crippen molar-refractivity contribution in [3.63, 3.8) is 0 Å². The monoisotopic (exact) mass is 279 g/mol. The second-order valence-electron chi connectivity index (χ2n) is 4.82. The van der Waals surface area contributed by atoms with E-state index in [9.17, 15) is 8.78 Å². The highest BCUT2D eigenvalue weighted by Crippen LogP contribution is 2.16. The van der Waals surface area contributed by atoms with E-state index in [-0.39, 0.29) is 0 Å². The molecule has 0 spiro atoms. The van der Waals surface area contributed by atoms with Gasteiger partial charge in [-0.05, 0) is 26.5 Å². The van der Waals surface area contributed by atoms with Gasteiger partial charge in [-0.3, -0.25) is 4.68 Å². The number of nitrogens with zero attached hydrogens (tertiary/aromatic N) is 2. The molecule has 20 heavy (non-hydrogen) atoms. The zero-order chi connectivity index (χ0) is 14.7. The van der Waals surface area contributed by atoms with Crippen molar-refractivity contribution in [1.29, 1.82) is 0 Å². The molecular weight excluding hydrogens is 260 g/mol. The summed E-state index contributed by atoms with van der Waals surface area (Å²) in [6.07, 6.45) is 0. The molecule has 0 aliphatic heterocycles. The highest BCUT2D eigenvalue weighted by atomic mass is 19.1. The molecule has 2 aromatic rings. The molecule has 0 radical (unpaired) electrons. The van der Waals surface area contributed by atoms with Gasteiger partial charge in [0.1, 0.15) is 11.6 Å². The summed E-state index contributed by atoms with van der Waals surface area (Å²) in [4.78, 5) is 0. The number of aryl methyl sites for hydroxylation is 1. The maximum absolute atomic E-state index is 13.7. The zero-order valence-electron chi connectivity index (χ0n) is 12.0. The van der Waals surface area contributed by atoms with Crippen LogP contribution in [0.3, 0.4) is 0 Å². The van der Waals surface area contributed by atoms with E-state index in [2.05, 4.69) is 10.4 Å². The van der Waals surface area contributed by atoms with Crippen molar-refractivity contribution < 1.29 is 8.78 Å². The smallest absolute Gasteiger partial charge is 0.131 e. The highest BCUT2D eigenvalue weighted by Gasteiger charge is 2.13. The molecule has 1 heterocycles. The minimum atomic E-state index is -0.563. The highest BCUT2D eigenvalue weighted by molar-refractivity contribution is 5.26. The summed E-state index contributed by atoms with van der Waals surface area (Å²) < 4.78 is 28.3. The van der Waals surface area contributed by atoms with Gasteiger partial charge >= 0.3 is 0 Å². The molecule has 1 N–H and O–H groups in total. The summed E-state index contributed by atoms with van der Waals surface area (Å²) in [5, 5.41) is 7.70. The normalized spacial score (nSPS) is 11.1. The fraction of sp³-hybridized carbons (Fsp3) is 0.400. The molecule has 3 nitrogen and oxygen atoms in total. The van der Waals surface area contributed by atoms with Crippen LogP contribution < -0.4 is 5.32 Å². The van der Waals surface area contributed by atoms with Gasteiger partial charge in [0.2, 0.25) is 0 Å². The van der Waals surface area contributed by atoms with E-state index in [4.69, 9.17) is 0 Å². The Kier molecular flexibility index (Phi) is 4.49. The van der Waals surface area contributed by atoms with Gasteiger partial charge in [-0.2, -0.15) is 5.10 Å². The number of benzene rings is 1. The van der Waals surface area contributed by atoms with E-state index in [0.29, 0.717) is 12.1 Å². The van der Waals surface area contributed by atoms with Gasteiger partial charge < -0.3 is 5.32 Å². The van der Waals surface area contributed by atoms with Crippen molar-refractivity contribution in [2.24, 2.45) is 0 Å². The van der Waals surface area contributed by atoms with E-state index < -0.39 is 11.6 Å². The van der Waals surface area contributed by atoms with Crippen molar-refractivity contribution >= 4 is 0 Å². The lowest BCUT2D eigenvalue weighted by atomic mass is 10.2. The molecule has 0 amide bonds. The van der Waals surface area contributed by atoms with E-state index >= 15 is 0 Å². The average molecular weight is 279 g/mol. The topological polar surface area (TPSA) is 29.9 Å². The summed E-state index contributed by atoms with van der Waals surface area (Å²) in [5.41, 5.74) is 3.51. The van der Waals surface area contributed by atoms with Crippen LogP contribution in [0.1, 0.15) is 29.4 Å². The average Bonchev–Trinajstić information content (AvgIpc) is 2.66. The van der Waals surface area contributed by atoms with E-state index in [0.717, 1.165) is 36.1 Å². The maximum Gasteiger partial charge on any atom is 0.131 e. The van der Waals surface area contributed by atoms with Crippen LogP contribution in [0.4, 0.5) is 8.78 Å². The molecule has 0 aliphatic carbocycles. The molecule has 108 valence electrons. The van der Waals surface area contributed by atoms with Crippen molar-refractivity contribution in [1.82, 2.24) is 15.1 Å². The number of nitrogens with one attached hydrogen (secondary N) is 1. The first kappa shape index (κ1) is 14.7. The minimum absolute atomic E-state index is 0.310. The predicted octanol–water partition coefficient (Wildman–Crippen LogP) is 2.94. The van der Waals surface area contributed by atoms with Gasteiger partial charge in [0, 0.05) is 29.4 Å². The van der Waals surface area contributed by atoms with Crippen LogP contribution >= 0.6 is 0 Å². The van der Waals surface area contributed by atoms with Gasteiger partial charge in [-0.15, -0.1) is 0 Å². The van der Waals surface area contributed by atoms with Crippen molar-refractivity contribution in [3.05, 3.63) is 52.3 Å². The van der Waals surface area contributed by atoms with E-state index in [1.165, 1.54) is 12.1 Å². The van der Waals surface area contributed by atoms with Gasteiger partial charge in [-0.1, -0.05) is 13.0 Å². The fourth-order valence-electron chi connectivity index (χ4n) is 2.21. The third-order valence-electron chi connectivity index (χ3n) is 3.42. The molecular formula is C15H19F2N3. The molecule has 2 rings (SSSR count). The summed E-state index contributed by atoms with van der Waals surface area (Å²) in [6.45, 7) is 7.90. The van der Waals surface area contributed by atoms with E-state index in [1.807, 2.05) is 20.8 Å². The molecule has 0 bridgehead atoms. The van der Waals surface area contributed by atoms with Crippen molar-refractivity contribution in [2.75, 3.05) is 6.54 Å². The zero-order valence-corrected chi connectivity index (χ0v) is 12.0. The SMILES string of the molecule is CCNCc1c(C)nn(Cc2ccc(F)cc2F)c1C. The Morgan fingerprint density at radius 2 is 2.00 bits per heavy atom. The van der Waals surface area contributed by atoms with Crippen LogP contribution in [0.5, 0.6) is 0 Å². The van der Waals surface area contributed by atoms with Gasteiger partial charge in [0.15, 0.2) is 0 Å². The number of hydrogen-bond acceptors (Lipinski definition) is 2. The quantitative estimate of drug-likeness (QED) is 0.912. The molecule has 0 unspecified atom stereocenters. The van der Waals surface area contributed by atoms with Crippen molar-refractivity contribution in [2.45, 2.75) is 33.9 Å². The van der Waals surface area contributed by atoms with Gasteiger partial charge in [0.05, 0.1) is 12.2 Å². The fourth-order valence-corrected chi connectivity index (χ4v) is 2.21. The maximum atomic E-state index is 13.7. The standard InChI is InChI=1S/C15H19F2N3/c1-4-18-8-14-10(2)19-20(11(14)3)9-12-5-6-13(16)7-15(12)17/h5-7,18H,4,8-9H2,1-3H3. The summed E-state index contributed by atoms with van der Waals surface area (Å²) in [5.74, 6) is -1.10. The second-order valence-corrected chi connectivity index (χ2v) is 4.82. The Labute approximate surface area is 117 Å². The molecule has 0 saturated heterocycles. The molecule has 0 aliphatic rings. The van der Waals surface area contributed by atoms with Crippen LogP contribution in [-0.4, -0.2) is 16.3 Å². The Morgan fingerprint density at radius 1 is 1.25 bits per heavy atom. The lowest BCUT2D eigenvalue weighted by Crippen LogP contribution is -2.13. The molecule has 1 aromatic carbocycles. The molecule has 1 aromatic heterocycles. The number of hydrogen-bond donors (Lipinski definition) is 1. The Hall–Kier alpha value is -1.75. The number of aromatic nitrogens is 2. The van der Waals surface area contributed by atoms with Crippen LogP contribution in [-0.2, 0) is 13.1 Å². The van der Waals surface area contributed by atoms with Gasteiger partial charge in [0.25, 0.3) is 0 Å². The Bertz CT molecular complexity index is 605. The van der Waals surface area contributed by atoms with Crippen LogP contribution in [0.2, 0.25) is 0 Å². The number of halogens is 2. The van der Waals surface area contributed by atoms with E-state index in [1.54, 1.807) is 4.68 Å². The van der Waals surface area contributed by atoms with Gasteiger partial charge in [-0.25, -0.2) is 8.78 Å². The molecule has 5 heteroatoms. The summed E-state index contributed by atoms with van der Waals surface area (Å²) in [7, 11) is 0. The lowest BCUT2D eigenvalue weighted by molar-refractivity contribution is 0.554. The van der Waals surface area contributed by atoms with Crippen LogP contribution in [0.15, 0.2) is 18.2 Å². The second kappa shape index (κ2) is 6.13. The Balaban J connectivity index is 2.25. The molecule has 0 atom stereocenters. The minimum Gasteiger partial charge on any atom is -0.313 e. The molecule has 0 saturated carbocycles. The van der Waals surface area contributed by atoms with Crippen LogP contribution in [0.25, 0.3) is 0 Å². The lowest BCUT2D eigenvalue weighted by Gasteiger charge is -2.07. The third-order valence-corrected chi connectivity index (χ3v) is 3.42.